The number of hydrogen-bond donors (Lipinski definition) is 1. The van der Waals surface area contributed by atoms with Crippen LogP contribution < -0.4 is 10.2 Å². The van der Waals surface area contributed by atoms with Crippen molar-refractivity contribution in [1.29, 1.82) is 5.26 Å². The van der Waals surface area contributed by atoms with Crippen LogP contribution in [-0.4, -0.2) is 6.03 Å². The van der Waals surface area contributed by atoms with E-state index < -0.39 is 23.8 Å². The zero-order valence-electron chi connectivity index (χ0n) is 14.6. The monoisotopic (exact) mass is 382 g/mol. The molecule has 5 nitrogen and oxygen atoms in total. The Morgan fingerprint density at radius 1 is 1.21 bits per heavy atom. The number of anilines is 1. The molecule has 0 aromatic heterocycles. The summed E-state index contributed by atoms with van der Waals surface area (Å²) in [5.74, 6) is 0. The van der Waals surface area contributed by atoms with Crippen LogP contribution in [-0.2, 0) is 6.18 Å². The van der Waals surface area contributed by atoms with Crippen LogP contribution >= 0.6 is 0 Å². The van der Waals surface area contributed by atoms with Crippen molar-refractivity contribution in [3.8, 4) is 6.07 Å². The molecule has 1 aliphatic rings. The minimum Gasteiger partial charge on any atom is -0.335 e. The van der Waals surface area contributed by atoms with Gasteiger partial charge in [-0.15, -0.1) is 0 Å². The number of benzene rings is 2. The maximum atomic E-state index is 13.0. The summed E-state index contributed by atoms with van der Waals surface area (Å²) >= 11 is 0. The van der Waals surface area contributed by atoms with E-state index in [1.54, 1.807) is 24.3 Å². The van der Waals surface area contributed by atoms with Crippen molar-refractivity contribution in [3.05, 3.63) is 88.0 Å². The van der Waals surface area contributed by atoms with Gasteiger partial charge >= 0.3 is 12.2 Å². The third kappa shape index (κ3) is 3.40. The summed E-state index contributed by atoms with van der Waals surface area (Å²) in [7, 11) is 0. The van der Waals surface area contributed by atoms with Gasteiger partial charge in [-0.1, -0.05) is 18.2 Å². The lowest BCUT2D eigenvalue weighted by molar-refractivity contribution is -0.137. The second-order valence-corrected chi connectivity index (χ2v) is 6.08. The van der Waals surface area contributed by atoms with E-state index >= 15 is 0 Å². The maximum absolute atomic E-state index is 13.0. The second kappa shape index (κ2) is 7.09. The molecule has 0 aliphatic carbocycles. The molecule has 2 amide bonds. The molecule has 2 aromatic rings. The molecule has 0 saturated heterocycles. The van der Waals surface area contributed by atoms with Crippen molar-refractivity contribution in [2.75, 3.05) is 4.90 Å². The first-order chi connectivity index (χ1) is 13.3. The molecule has 1 atom stereocenters. The molecular formula is C20H13F3N4O. The fraction of sp³-hybridized carbons (Fsp3) is 0.150. The Hall–Kier alpha value is -3.78. The van der Waals surface area contributed by atoms with Crippen LogP contribution in [0.3, 0.4) is 0 Å². The Morgan fingerprint density at radius 2 is 1.89 bits per heavy atom. The molecular weight excluding hydrogens is 369 g/mol. The van der Waals surface area contributed by atoms with Gasteiger partial charge < -0.3 is 5.32 Å². The molecule has 3 rings (SSSR count). The fourth-order valence-corrected chi connectivity index (χ4v) is 3.00. The summed E-state index contributed by atoms with van der Waals surface area (Å²) in [6.45, 7) is 9.02. The Bertz CT molecular complexity index is 1040. The molecule has 1 aliphatic heterocycles. The summed E-state index contributed by atoms with van der Waals surface area (Å²) in [4.78, 5) is 17.2. The number of nitrogens with one attached hydrogen (secondary N) is 1. The van der Waals surface area contributed by atoms with E-state index in [2.05, 4.69) is 10.2 Å². The molecule has 0 spiro atoms. The van der Waals surface area contributed by atoms with E-state index in [1.165, 1.54) is 19.1 Å². The number of amides is 2. The van der Waals surface area contributed by atoms with Crippen molar-refractivity contribution in [2.24, 2.45) is 0 Å². The largest absolute Gasteiger partial charge is 0.416 e. The van der Waals surface area contributed by atoms with Gasteiger partial charge in [-0.2, -0.15) is 18.4 Å². The lowest BCUT2D eigenvalue weighted by Gasteiger charge is -2.34. The van der Waals surface area contributed by atoms with E-state index in [1.807, 2.05) is 6.07 Å². The van der Waals surface area contributed by atoms with Crippen LogP contribution in [0.25, 0.3) is 4.85 Å². The number of nitrogens with zero attached hydrogens (tertiary/aromatic N) is 3. The summed E-state index contributed by atoms with van der Waals surface area (Å²) in [6.07, 6.45) is -4.55. The van der Waals surface area contributed by atoms with E-state index in [0.29, 0.717) is 11.1 Å². The lowest BCUT2D eigenvalue weighted by Crippen LogP contribution is -2.46. The number of urea groups is 1. The highest BCUT2D eigenvalue weighted by molar-refractivity contribution is 5.97. The smallest absolute Gasteiger partial charge is 0.335 e. The summed E-state index contributed by atoms with van der Waals surface area (Å²) in [5, 5.41) is 11.6. The molecule has 8 heteroatoms. The molecule has 0 bridgehead atoms. The minimum atomic E-state index is -4.55. The number of rotatable bonds is 2. The number of nitriles is 1. The Balaban J connectivity index is 2.06. The fourth-order valence-electron chi connectivity index (χ4n) is 3.00. The quantitative estimate of drug-likeness (QED) is 0.743. The van der Waals surface area contributed by atoms with Crippen LogP contribution in [0.5, 0.6) is 0 Å². The summed E-state index contributed by atoms with van der Waals surface area (Å²) in [5.41, 5.74) is 0.588. The maximum Gasteiger partial charge on any atom is 0.416 e. The number of carbonyl (C=O) groups excluding carboxylic acids is 1. The van der Waals surface area contributed by atoms with Gasteiger partial charge in [0.15, 0.2) is 0 Å². The molecule has 1 heterocycles. The number of hydrogen-bond acceptors (Lipinski definition) is 2. The molecule has 2 aromatic carbocycles. The zero-order chi connectivity index (χ0) is 20.5. The van der Waals surface area contributed by atoms with Gasteiger partial charge in [-0.25, -0.2) is 9.64 Å². The predicted molar refractivity (Wildman–Crippen MR) is 95.7 cm³/mol. The summed E-state index contributed by atoms with van der Waals surface area (Å²) in [6, 6.07) is 11.4. The third-order valence-corrected chi connectivity index (χ3v) is 4.38. The van der Waals surface area contributed by atoms with Gasteiger partial charge in [-0.05, 0) is 42.8 Å². The van der Waals surface area contributed by atoms with Gasteiger partial charge in [0.25, 0.3) is 0 Å². The first-order valence-electron chi connectivity index (χ1n) is 8.12. The minimum absolute atomic E-state index is 0.0178. The van der Waals surface area contributed by atoms with E-state index in [-0.39, 0.29) is 17.1 Å². The van der Waals surface area contributed by atoms with Gasteiger partial charge in [-0.3, -0.25) is 4.90 Å². The Kier molecular flexibility index (Phi) is 4.81. The van der Waals surface area contributed by atoms with Crippen LogP contribution in [0, 0.1) is 17.9 Å². The van der Waals surface area contributed by atoms with Crippen molar-refractivity contribution < 1.29 is 18.0 Å². The van der Waals surface area contributed by atoms with Crippen LogP contribution in [0.15, 0.2) is 59.9 Å². The highest BCUT2D eigenvalue weighted by Crippen LogP contribution is 2.36. The third-order valence-electron chi connectivity index (χ3n) is 4.38. The first-order valence-corrected chi connectivity index (χ1v) is 8.12. The molecule has 0 fully saturated rings. The van der Waals surface area contributed by atoms with Crippen LogP contribution in [0.1, 0.15) is 29.7 Å². The second-order valence-electron chi connectivity index (χ2n) is 6.08. The van der Waals surface area contributed by atoms with Crippen molar-refractivity contribution in [1.82, 2.24) is 5.32 Å². The van der Waals surface area contributed by atoms with E-state index in [0.717, 1.165) is 17.0 Å². The van der Waals surface area contributed by atoms with E-state index in [9.17, 15) is 18.0 Å². The molecule has 0 radical (unpaired) electrons. The van der Waals surface area contributed by atoms with Crippen molar-refractivity contribution in [2.45, 2.75) is 19.1 Å². The Labute approximate surface area is 159 Å². The number of carbonyl (C=O) groups is 1. The molecule has 140 valence electrons. The van der Waals surface area contributed by atoms with Crippen molar-refractivity contribution in [3.63, 3.8) is 0 Å². The number of halogens is 3. The average molecular weight is 382 g/mol. The first kappa shape index (κ1) is 19.0. The number of allylic oxidation sites excluding steroid dienone is 1. The molecule has 28 heavy (non-hydrogen) atoms. The summed E-state index contributed by atoms with van der Waals surface area (Å²) < 4.78 is 39.0. The predicted octanol–water partition coefficient (Wildman–Crippen LogP) is 5.00. The highest BCUT2D eigenvalue weighted by atomic mass is 19.4. The van der Waals surface area contributed by atoms with Gasteiger partial charge in [0, 0.05) is 11.4 Å². The topological polar surface area (TPSA) is 60.5 Å². The Morgan fingerprint density at radius 3 is 2.46 bits per heavy atom. The molecule has 1 N–H and O–H groups in total. The standard InChI is InChI=1S/C20H13F3N4O/c1-12-17(25-2)18(14-8-6-13(11-24)7-9-14)26-19(28)27(12)16-5-3-4-15(10-16)20(21,22)23/h3-10,18H,1H3,(H,26,28)/t18-/m1/s1. The zero-order valence-corrected chi connectivity index (χ0v) is 14.6. The lowest BCUT2D eigenvalue weighted by atomic mass is 9.99. The van der Waals surface area contributed by atoms with Gasteiger partial charge in [0.2, 0.25) is 5.70 Å². The van der Waals surface area contributed by atoms with Crippen molar-refractivity contribution >= 4 is 11.7 Å². The average Bonchev–Trinajstić information content (AvgIpc) is 2.67. The van der Waals surface area contributed by atoms with Crippen LogP contribution in [0.4, 0.5) is 23.7 Å². The van der Waals surface area contributed by atoms with Crippen LogP contribution in [0.2, 0.25) is 0 Å². The SMILES string of the molecule is [C-]#[N+]C1=C(C)N(c2cccc(C(F)(F)F)c2)C(=O)N[C@@H]1c1ccc(C#N)cc1. The van der Waals surface area contributed by atoms with E-state index in [4.69, 9.17) is 11.8 Å². The highest BCUT2D eigenvalue weighted by Gasteiger charge is 2.35. The van der Waals surface area contributed by atoms with Gasteiger partial charge in [0.05, 0.1) is 29.8 Å². The molecule has 0 unspecified atom stereocenters. The normalized spacial score (nSPS) is 17.0. The molecule has 0 saturated carbocycles. The van der Waals surface area contributed by atoms with Gasteiger partial charge in [0.1, 0.15) is 0 Å². The number of alkyl halides is 3.